The molecule has 0 aromatic heterocycles. The molecule has 0 bridgehead atoms. The van der Waals surface area contributed by atoms with Crippen LogP contribution in [0, 0.1) is 0 Å². The van der Waals surface area contributed by atoms with Crippen LogP contribution in [-0.4, -0.2) is 22.9 Å². The van der Waals surface area contributed by atoms with Gasteiger partial charge in [-0.3, -0.25) is 0 Å². The van der Waals surface area contributed by atoms with Gasteiger partial charge in [0.05, 0.1) is 6.10 Å². The Morgan fingerprint density at radius 1 is 1.40 bits per heavy atom. The van der Waals surface area contributed by atoms with Crippen LogP contribution in [0.1, 0.15) is 29.9 Å². The molecular formula is C12H17NO2. The predicted molar refractivity (Wildman–Crippen MR) is 59.6 cm³/mol. The molecule has 0 heterocycles. The third-order valence-electron chi connectivity index (χ3n) is 3.21. The first-order chi connectivity index (χ1) is 7.24. The van der Waals surface area contributed by atoms with E-state index in [1.165, 1.54) is 5.56 Å². The standard InChI is InChI=1S/C12H17NO2/c13-10-3-1-2-8-4-5-11(15)9(6-7-14)12(8)10/h1-3,9,11,14-15H,4-7,13H2. The summed E-state index contributed by atoms with van der Waals surface area (Å²) in [5, 5.41) is 18.9. The molecule has 4 N–H and O–H groups in total. The van der Waals surface area contributed by atoms with E-state index >= 15 is 0 Å². The van der Waals surface area contributed by atoms with E-state index in [-0.39, 0.29) is 18.6 Å². The molecule has 2 atom stereocenters. The predicted octanol–water partition coefficient (Wildman–Crippen LogP) is 1.04. The summed E-state index contributed by atoms with van der Waals surface area (Å²) in [6.45, 7) is 0.0928. The van der Waals surface area contributed by atoms with Gasteiger partial charge in [0.15, 0.2) is 0 Å². The van der Waals surface area contributed by atoms with Crippen LogP contribution in [0.25, 0.3) is 0 Å². The lowest BCUT2D eigenvalue weighted by Crippen LogP contribution is -2.27. The molecule has 0 fully saturated rings. The van der Waals surface area contributed by atoms with Crippen LogP contribution >= 0.6 is 0 Å². The highest BCUT2D eigenvalue weighted by molar-refractivity contribution is 5.54. The third kappa shape index (κ3) is 1.85. The first-order valence-electron chi connectivity index (χ1n) is 5.40. The van der Waals surface area contributed by atoms with E-state index in [1.807, 2.05) is 12.1 Å². The zero-order valence-electron chi connectivity index (χ0n) is 8.69. The number of rotatable bonds is 2. The second kappa shape index (κ2) is 4.21. The summed E-state index contributed by atoms with van der Waals surface area (Å²) < 4.78 is 0. The van der Waals surface area contributed by atoms with Crippen LogP contribution in [0.3, 0.4) is 0 Å². The lowest BCUT2D eigenvalue weighted by Gasteiger charge is -2.31. The van der Waals surface area contributed by atoms with Gasteiger partial charge >= 0.3 is 0 Å². The summed E-state index contributed by atoms with van der Waals surface area (Å²) in [5.74, 6) is -0.0000463. The van der Waals surface area contributed by atoms with Gasteiger partial charge < -0.3 is 15.9 Å². The third-order valence-corrected chi connectivity index (χ3v) is 3.21. The lowest BCUT2D eigenvalue weighted by atomic mass is 9.78. The first kappa shape index (κ1) is 10.5. The van der Waals surface area contributed by atoms with Crippen molar-refractivity contribution >= 4 is 5.69 Å². The van der Waals surface area contributed by atoms with Gasteiger partial charge in [-0.2, -0.15) is 0 Å². The van der Waals surface area contributed by atoms with Crippen molar-refractivity contribution in [2.75, 3.05) is 12.3 Å². The summed E-state index contributed by atoms with van der Waals surface area (Å²) in [6.07, 6.45) is 1.86. The SMILES string of the molecule is Nc1cccc2c1C(CCO)C(O)CC2. The Hall–Kier alpha value is -1.06. The maximum atomic E-state index is 9.90. The molecule has 0 spiro atoms. The molecule has 1 aromatic carbocycles. The van der Waals surface area contributed by atoms with Crippen LogP contribution in [-0.2, 0) is 6.42 Å². The molecule has 3 heteroatoms. The molecule has 82 valence electrons. The number of aliphatic hydroxyl groups is 2. The zero-order chi connectivity index (χ0) is 10.8. The summed E-state index contributed by atoms with van der Waals surface area (Å²) in [7, 11) is 0. The van der Waals surface area contributed by atoms with Gasteiger partial charge in [-0.05, 0) is 36.5 Å². The minimum absolute atomic E-state index is 0.0000463. The van der Waals surface area contributed by atoms with Crippen LogP contribution in [0.15, 0.2) is 18.2 Å². The minimum Gasteiger partial charge on any atom is -0.398 e. The average molecular weight is 207 g/mol. The molecule has 0 radical (unpaired) electrons. The molecule has 0 saturated heterocycles. The minimum atomic E-state index is -0.366. The molecule has 2 unspecified atom stereocenters. The quantitative estimate of drug-likeness (QED) is 0.635. The molecule has 3 nitrogen and oxygen atoms in total. The fourth-order valence-corrected chi connectivity index (χ4v) is 2.48. The van der Waals surface area contributed by atoms with Crippen molar-refractivity contribution in [1.82, 2.24) is 0 Å². The van der Waals surface area contributed by atoms with Gasteiger partial charge in [0.1, 0.15) is 0 Å². The molecule has 1 aliphatic carbocycles. The van der Waals surface area contributed by atoms with Crippen molar-refractivity contribution in [3.8, 4) is 0 Å². The van der Waals surface area contributed by atoms with E-state index in [0.29, 0.717) is 6.42 Å². The fraction of sp³-hybridized carbons (Fsp3) is 0.500. The topological polar surface area (TPSA) is 66.5 Å². The second-order valence-electron chi connectivity index (χ2n) is 4.14. The van der Waals surface area contributed by atoms with E-state index in [4.69, 9.17) is 10.8 Å². The first-order valence-corrected chi connectivity index (χ1v) is 5.40. The fourth-order valence-electron chi connectivity index (χ4n) is 2.48. The van der Waals surface area contributed by atoms with Gasteiger partial charge in [-0.15, -0.1) is 0 Å². The Morgan fingerprint density at radius 3 is 2.93 bits per heavy atom. The molecule has 1 aliphatic rings. The molecule has 2 rings (SSSR count). The summed E-state index contributed by atoms with van der Waals surface area (Å²) in [4.78, 5) is 0. The van der Waals surface area contributed by atoms with E-state index < -0.39 is 0 Å². The number of hydrogen-bond donors (Lipinski definition) is 3. The number of fused-ring (bicyclic) bond motifs is 1. The summed E-state index contributed by atoms with van der Waals surface area (Å²) in [6, 6.07) is 5.87. The van der Waals surface area contributed by atoms with Gasteiger partial charge in [0.2, 0.25) is 0 Å². The van der Waals surface area contributed by atoms with Gasteiger partial charge in [-0.25, -0.2) is 0 Å². The van der Waals surface area contributed by atoms with Gasteiger partial charge in [0, 0.05) is 18.2 Å². The number of aliphatic hydroxyl groups excluding tert-OH is 2. The van der Waals surface area contributed by atoms with Crippen molar-refractivity contribution in [1.29, 1.82) is 0 Å². The Labute approximate surface area is 89.5 Å². The number of anilines is 1. The van der Waals surface area contributed by atoms with Crippen molar-refractivity contribution < 1.29 is 10.2 Å². The maximum absolute atomic E-state index is 9.90. The van der Waals surface area contributed by atoms with E-state index in [9.17, 15) is 5.11 Å². The molecule has 0 saturated carbocycles. The highest BCUT2D eigenvalue weighted by Crippen LogP contribution is 2.37. The molecule has 0 amide bonds. The monoisotopic (exact) mass is 207 g/mol. The van der Waals surface area contributed by atoms with Crippen molar-refractivity contribution in [3.63, 3.8) is 0 Å². The Morgan fingerprint density at radius 2 is 2.20 bits per heavy atom. The Bertz CT molecular complexity index is 351. The largest absolute Gasteiger partial charge is 0.398 e. The van der Waals surface area contributed by atoms with Crippen LogP contribution < -0.4 is 5.73 Å². The van der Waals surface area contributed by atoms with E-state index in [0.717, 1.165) is 24.1 Å². The van der Waals surface area contributed by atoms with E-state index in [2.05, 4.69) is 6.07 Å². The highest BCUT2D eigenvalue weighted by Gasteiger charge is 2.28. The molecule has 15 heavy (non-hydrogen) atoms. The molecule has 0 aliphatic heterocycles. The van der Waals surface area contributed by atoms with Crippen LogP contribution in [0.5, 0.6) is 0 Å². The second-order valence-corrected chi connectivity index (χ2v) is 4.14. The number of aryl methyl sites for hydroxylation is 1. The van der Waals surface area contributed by atoms with Crippen molar-refractivity contribution in [3.05, 3.63) is 29.3 Å². The smallest absolute Gasteiger partial charge is 0.0613 e. The lowest BCUT2D eigenvalue weighted by molar-refractivity contribution is 0.111. The normalized spacial score (nSPS) is 24.9. The molecule has 1 aromatic rings. The van der Waals surface area contributed by atoms with Gasteiger partial charge in [-0.1, -0.05) is 12.1 Å². The van der Waals surface area contributed by atoms with Crippen molar-refractivity contribution in [2.24, 2.45) is 0 Å². The van der Waals surface area contributed by atoms with Crippen LogP contribution in [0.4, 0.5) is 5.69 Å². The highest BCUT2D eigenvalue weighted by atomic mass is 16.3. The number of benzene rings is 1. The van der Waals surface area contributed by atoms with Gasteiger partial charge in [0.25, 0.3) is 0 Å². The average Bonchev–Trinajstić information content (AvgIpc) is 2.23. The number of nitrogens with two attached hydrogens (primary N) is 1. The van der Waals surface area contributed by atoms with Crippen LogP contribution in [0.2, 0.25) is 0 Å². The summed E-state index contributed by atoms with van der Waals surface area (Å²) >= 11 is 0. The number of nitrogen functional groups attached to an aromatic ring is 1. The molecular weight excluding hydrogens is 190 g/mol. The summed E-state index contributed by atoms with van der Waals surface area (Å²) in [5.41, 5.74) is 8.94. The van der Waals surface area contributed by atoms with Crippen molar-refractivity contribution in [2.45, 2.75) is 31.3 Å². The zero-order valence-corrected chi connectivity index (χ0v) is 8.69. The van der Waals surface area contributed by atoms with E-state index in [1.54, 1.807) is 0 Å². The Kier molecular flexibility index (Phi) is 2.93. The maximum Gasteiger partial charge on any atom is 0.0613 e. The Balaban J connectivity index is 2.41. The number of hydrogen-bond acceptors (Lipinski definition) is 3.